The Hall–Kier alpha value is -3.59. The molecule has 299 valence electrons. The number of fused-ring (bicyclic) bond motifs is 2. The summed E-state index contributed by atoms with van der Waals surface area (Å²) in [5, 5.41) is 72.2. The van der Waals surface area contributed by atoms with Crippen molar-refractivity contribution in [3.05, 3.63) is 29.6 Å². The van der Waals surface area contributed by atoms with Crippen molar-refractivity contribution in [3.8, 4) is 0 Å². The number of carboxylic acid groups (broad SMARTS) is 3. The van der Waals surface area contributed by atoms with E-state index in [0.717, 1.165) is 6.92 Å². The van der Waals surface area contributed by atoms with Gasteiger partial charge in [-0.15, -0.1) is 0 Å². The first-order valence-electron chi connectivity index (χ1n) is 17.1. The Labute approximate surface area is 317 Å². The SMILES string of the molecule is CC(=O)[C@H](O)[C@@H](O)C(=O)NCCCCC(C(=O)O)N1CCN(C)CCN(C(CCCCNC(=O)[C@H](O)[C@@H](O)C(=O)O)C(=O)O)Cc2cccc(n2)C1.[Mn]. The zero-order valence-electron chi connectivity index (χ0n) is 29.8. The molecule has 2 bridgehead atoms. The molecule has 19 nitrogen and oxygen atoms in total. The predicted molar refractivity (Wildman–Crippen MR) is 181 cm³/mol. The molecule has 6 atom stereocenters. The number of hydrogen-bond acceptors (Lipinski definition) is 14. The normalized spacial score (nSPS) is 18.0. The van der Waals surface area contributed by atoms with E-state index in [-0.39, 0.29) is 56.1 Å². The van der Waals surface area contributed by atoms with Crippen LogP contribution >= 0.6 is 0 Å². The Morgan fingerprint density at radius 1 is 0.660 bits per heavy atom. The Balaban J connectivity index is 0.0000140. The second-order valence-corrected chi connectivity index (χ2v) is 12.9. The number of aliphatic carboxylic acids is 3. The number of rotatable bonds is 20. The first-order valence-corrected chi connectivity index (χ1v) is 17.1. The van der Waals surface area contributed by atoms with Crippen LogP contribution in [0.25, 0.3) is 0 Å². The van der Waals surface area contributed by atoms with Crippen molar-refractivity contribution in [2.45, 2.75) is 95.0 Å². The number of likely N-dealkylation sites (N-methyl/N-ethyl adjacent to an activating group) is 1. The van der Waals surface area contributed by atoms with Gasteiger partial charge in [0.05, 0.1) is 11.4 Å². The molecule has 0 aliphatic carbocycles. The van der Waals surface area contributed by atoms with E-state index in [1.54, 1.807) is 23.1 Å². The number of hydrogen-bond donors (Lipinski definition) is 9. The maximum atomic E-state index is 12.4. The summed E-state index contributed by atoms with van der Waals surface area (Å²) >= 11 is 0. The van der Waals surface area contributed by atoms with Crippen LogP contribution in [0.5, 0.6) is 0 Å². The zero-order chi connectivity index (χ0) is 39.0. The average Bonchev–Trinajstić information content (AvgIpc) is 3.09. The van der Waals surface area contributed by atoms with Gasteiger partial charge in [0, 0.05) is 69.4 Å². The van der Waals surface area contributed by atoms with Gasteiger partial charge in [-0.25, -0.2) is 4.79 Å². The van der Waals surface area contributed by atoms with E-state index in [4.69, 9.17) is 10.1 Å². The molecular formula is C33H52MnN6O13. The standard InChI is InChI=1S/C33H52N6O13.Mn/c1-20(40)25(41)26(42)29(45)34-12-5-3-10-23(31(47)48)38-16-14-37(2)15-17-39(19-22-9-7-8-21(18-38)36-22)24(32(49)50)11-4-6-13-35-30(46)27(43)28(44)33(51)52;/h7-9,23-28,41-44H,3-6,10-19H2,1-2H3,(H,34,45)(H,35,46)(H,47,48)(H,49,50)(H,51,52);/t23?,24?,25-,26+,27+,28+;/m0./s1. The minimum Gasteiger partial charge on any atom is -0.480 e. The van der Waals surface area contributed by atoms with E-state index in [9.17, 15) is 59.4 Å². The van der Waals surface area contributed by atoms with E-state index in [1.165, 1.54) is 0 Å². The topological polar surface area (TPSA) is 291 Å². The molecule has 53 heavy (non-hydrogen) atoms. The molecule has 0 aromatic carbocycles. The van der Waals surface area contributed by atoms with E-state index in [2.05, 4.69) is 10.6 Å². The van der Waals surface area contributed by atoms with Gasteiger partial charge in [-0.3, -0.25) is 38.8 Å². The van der Waals surface area contributed by atoms with Gasteiger partial charge in [0.2, 0.25) is 0 Å². The molecule has 0 saturated heterocycles. The number of carbonyl (C=O) groups is 6. The minimum absolute atomic E-state index is 0. The first-order chi connectivity index (χ1) is 24.5. The summed E-state index contributed by atoms with van der Waals surface area (Å²) in [5.74, 6) is -6.52. The Kier molecular flexibility index (Phi) is 21.4. The number of aliphatic hydroxyl groups excluding tert-OH is 4. The molecule has 1 aliphatic rings. The van der Waals surface area contributed by atoms with Crippen molar-refractivity contribution >= 4 is 35.5 Å². The number of Topliss-reactive ketones (excluding diaryl/α,β-unsaturated/α-hetero) is 1. The van der Waals surface area contributed by atoms with Crippen molar-refractivity contribution in [1.29, 1.82) is 0 Å². The van der Waals surface area contributed by atoms with Crippen LogP contribution in [0.4, 0.5) is 0 Å². The molecule has 2 unspecified atom stereocenters. The molecule has 2 heterocycles. The van der Waals surface area contributed by atoms with Crippen LogP contribution in [0.1, 0.15) is 56.8 Å². The maximum Gasteiger partial charge on any atom is 0.335 e. The molecule has 2 amide bonds. The largest absolute Gasteiger partial charge is 0.480 e. The molecule has 0 saturated carbocycles. The minimum atomic E-state index is -2.27. The second kappa shape index (κ2) is 23.9. The Bertz CT molecular complexity index is 1280. The number of aliphatic hydroxyl groups is 4. The number of pyridine rings is 1. The predicted octanol–water partition coefficient (Wildman–Crippen LogP) is -2.77. The fraction of sp³-hybridized carbons (Fsp3) is 0.667. The molecule has 0 fully saturated rings. The number of unbranched alkanes of at least 4 members (excludes halogenated alkanes) is 2. The first kappa shape index (κ1) is 47.4. The Morgan fingerprint density at radius 2 is 1.08 bits per heavy atom. The number of aromatic nitrogens is 1. The van der Waals surface area contributed by atoms with Crippen LogP contribution in [-0.2, 0) is 58.9 Å². The van der Waals surface area contributed by atoms with Gasteiger partial charge >= 0.3 is 17.9 Å². The fourth-order valence-electron chi connectivity index (χ4n) is 5.65. The van der Waals surface area contributed by atoms with Crippen LogP contribution in [0, 0.1) is 0 Å². The van der Waals surface area contributed by atoms with E-state index < -0.39 is 72.0 Å². The van der Waals surface area contributed by atoms with Crippen LogP contribution in [0.15, 0.2) is 18.2 Å². The monoisotopic (exact) mass is 795 g/mol. The third-order valence-electron chi connectivity index (χ3n) is 8.80. The van der Waals surface area contributed by atoms with Crippen molar-refractivity contribution < 1.29 is 81.6 Å². The summed E-state index contributed by atoms with van der Waals surface area (Å²) in [6.45, 7) is 3.21. The number of carbonyl (C=O) groups excluding carboxylic acids is 3. The number of nitrogens with one attached hydrogen (secondary N) is 2. The van der Waals surface area contributed by atoms with Gasteiger partial charge in [0.1, 0.15) is 18.2 Å². The maximum absolute atomic E-state index is 12.4. The smallest absolute Gasteiger partial charge is 0.335 e. The molecule has 1 radical (unpaired) electrons. The van der Waals surface area contributed by atoms with Crippen molar-refractivity contribution in [1.82, 2.24) is 30.3 Å². The molecule has 1 aliphatic heterocycles. The summed E-state index contributed by atoms with van der Waals surface area (Å²) in [6.07, 6.45) is -6.17. The fourth-order valence-corrected chi connectivity index (χ4v) is 5.65. The van der Waals surface area contributed by atoms with Crippen molar-refractivity contribution in [2.75, 3.05) is 46.3 Å². The van der Waals surface area contributed by atoms with Crippen molar-refractivity contribution in [2.24, 2.45) is 0 Å². The van der Waals surface area contributed by atoms with Crippen LogP contribution in [0.3, 0.4) is 0 Å². The second-order valence-electron chi connectivity index (χ2n) is 12.9. The summed E-state index contributed by atoms with van der Waals surface area (Å²) < 4.78 is 0. The van der Waals surface area contributed by atoms with Crippen LogP contribution in [-0.4, -0.2) is 174 Å². The van der Waals surface area contributed by atoms with Crippen LogP contribution < -0.4 is 10.6 Å². The third kappa shape index (κ3) is 16.1. The van der Waals surface area contributed by atoms with Crippen molar-refractivity contribution in [3.63, 3.8) is 0 Å². The summed E-state index contributed by atoms with van der Waals surface area (Å²) in [4.78, 5) is 81.1. The summed E-state index contributed by atoms with van der Waals surface area (Å²) in [7, 11) is 1.85. The van der Waals surface area contributed by atoms with E-state index >= 15 is 0 Å². The molecule has 1 aromatic rings. The van der Waals surface area contributed by atoms with E-state index in [1.807, 2.05) is 16.8 Å². The van der Waals surface area contributed by atoms with Gasteiger partial charge in [-0.05, 0) is 64.6 Å². The number of amides is 2. The molecule has 9 N–H and O–H groups in total. The quantitative estimate of drug-likeness (QED) is 0.0477. The van der Waals surface area contributed by atoms with Gasteiger partial charge in [0.25, 0.3) is 11.8 Å². The summed E-state index contributed by atoms with van der Waals surface area (Å²) in [6, 6.07) is 3.51. The number of ketones is 1. The van der Waals surface area contributed by atoms with Gasteiger partial charge < -0.3 is 51.3 Å². The van der Waals surface area contributed by atoms with Gasteiger partial charge in [-0.2, -0.15) is 0 Å². The zero-order valence-corrected chi connectivity index (χ0v) is 31.0. The molecule has 2 rings (SSSR count). The molecular weight excluding hydrogens is 743 g/mol. The third-order valence-corrected chi connectivity index (χ3v) is 8.80. The molecule has 1 aromatic heterocycles. The molecule has 20 heteroatoms. The Morgan fingerprint density at radius 3 is 1.45 bits per heavy atom. The van der Waals surface area contributed by atoms with Gasteiger partial charge in [-0.1, -0.05) is 6.07 Å². The number of nitrogens with zero attached hydrogens (tertiary/aromatic N) is 4. The van der Waals surface area contributed by atoms with E-state index in [0.29, 0.717) is 63.3 Å². The van der Waals surface area contributed by atoms with Gasteiger partial charge in [0.15, 0.2) is 24.1 Å². The molecule has 0 spiro atoms. The van der Waals surface area contributed by atoms with Crippen LogP contribution in [0.2, 0.25) is 0 Å². The number of carboxylic acids is 3. The summed E-state index contributed by atoms with van der Waals surface area (Å²) in [5.41, 5.74) is 1.18. The average molecular weight is 796 g/mol.